The lowest BCUT2D eigenvalue weighted by Gasteiger charge is -2.35. The lowest BCUT2D eigenvalue weighted by Crippen LogP contribution is -2.49. The predicted octanol–water partition coefficient (Wildman–Crippen LogP) is 5.33. The van der Waals surface area contributed by atoms with Crippen molar-refractivity contribution in [2.45, 2.75) is 25.6 Å². The van der Waals surface area contributed by atoms with Gasteiger partial charge in [0.1, 0.15) is 12.6 Å². The van der Waals surface area contributed by atoms with E-state index in [0.717, 1.165) is 27.5 Å². The quantitative estimate of drug-likeness (QED) is 0.379. The SMILES string of the molecule is COC(=O)[C@H]1Cc2ccccc2CN1C(=O)c1cc2ccccc2cc1NC(=O)OCc1ccccc1. The maximum atomic E-state index is 14.0. The topological polar surface area (TPSA) is 84.9 Å². The molecule has 186 valence electrons. The van der Waals surface area contributed by atoms with Gasteiger partial charge in [0.05, 0.1) is 18.4 Å². The fourth-order valence-electron chi connectivity index (χ4n) is 4.63. The van der Waals surface area contributed by atoms with Crippen LogP contribution in [0.2, 0.25) is 0 Å². The molecule has 0 fully saturated rings. The number of benzene rings is 4. The second-order valence-corrected chi connectivity index (χ2v) is 8.88. The number of nitrogens with one attached hydrogen (secondary N) is 1. The number of ether oxygens (including phenoxy) is 2. The van der Waals surface area contributed by atoms with Gasteiger partial charge in [-0.05, 0) is 39.6 Å². The largest absolute Gasteiger partial charge is 0.467 e. The Morgan fingerprint density at radius 1 is 0.865 bits per heavy atom. The minimum absolute atomic E-state index is 0.0941. The Bertz CT molecular complexity index is 1470. The normalized spacial score (nSPS) is 14.5. The molecule has 0 saturated heterocycles. The van der Waals surface area contributed by atoms with Crippen molar-refractivity contribution >= 4 is 34.4 Å². The summed E-state index contributed by atoms with van der Waals surface area (Å²) in [4.78, 5) is 40.9. The third-order valence-corrected chi connectivity index (χ3v) is 6.55. The average Bonchev–Trinajstić information content (AvgIpc) is 2.94. The Hall–Kier alpha value is -4.65. The number of amides is 2. The number of hydrogen-bond donors (Lipinski definition) is 1. The average molecular weight is 495 g/mol. The highest BCUT2D eigenvalue weighted by Gasteiger charge is 2.36. The Labute approximate surface area is 214 Å². The van der Waals surface area contributed by atoms with Crippen LogP contribution in [0.3, 0.4) is 0 Å². The maximum absolute atomic E-state index is 14.0. The highest BCUT2D eigenvalue weighted by molar-refractivity contribution is 6.08. The first-order chi connectivity index (χ1) is 18.0. The number of methoxy groups -OCH3 is 1. The number of fused-ring (bicyclic) bond motifs is 2. The summed E-state index contributed by atoms with van der Waals surface area (Å²) in [6.45, 7) is 0.344. The van der Waals surface area contributed by atoms with Crippen molar-refractivity contribution in [3.05, 3.63) is 113 Å². The van der Waals surface area contributed by atoms with Crippen LogP contribution in [0.1, 0.15) is 27.0 Å². The number of rotatable bonds is 5. The number of nitrogens with zero attached hydrogens (tertiary/aromatic N) is 1. The fourth-order valence-corrected chi connectivity index (χ4v) is 4.63. The second-order valence-electron chi connectivity index (χ2n) is 8.88. The highest BCUT2D eigenvalue weighted by Crippen LogP contribution is 2.30. The molecule has 1 N–H and O–H groups in total. The first-order valence-electron chi connectivity index (χ1n) is 12.0. The molecule has 4 aromatic rings. The summed E-state index contributed by atoms with van der Waals surface area (Å²) in [6.07, 6.45) is -0.328. The third-order valence-electron chi connectivity index (χ3n) is 6.55. The van der Waals surface area contributed by atoms with Crippen LogP contribution in [-0.4, -0.2) is 36.0 Å². The van der Waals surface area contributed by atoms with Gasteiger partial charge in [0.2, 0.25) is 0 Å². The highest BCUT2D eigenvalue weighted by atomic mass is 16.5. The van der Waals surface area contributed by atoms with E-state index >= 15 is 0 Å². The molecule has 5 rings (SSSR count). The minimum atomic E-state index is -0.781. The molecule has 1 heterocycles. The predicted molar refractivity (Wildman–Crippen MR) is 140 cm³/mol. The van der Waals surface area contributed by atoms with Gasteiger partial charge in [-0.25, -0.2) is 9.59 Å². The summed E-state index contributed by atoms with van der Waals surface area (Å²) in [5.74, 6) is -0.866. The smallest absolute Gasteiger partial charge is 0.411 e. The van der Waals surface area contributed by atoms with E-state index in [1.54, 1.807) is 12.1 Å². The molecule has 7 heteroatoms. The van der Waals surface area contributed by atoms with Crippen LogP contribution in [0.25, 0.3) is 10.8 Å². The van der Waals surface area contributed by atoms with Gasteiger partial charge in [0.25, 0.3) is 5.91 Å². The minimum Gasteiger partial charge on any atom is -0.467 e. The Morgan fingerprint density at radius 2 is 1.51 bits per heavy atom. The molecule has 1 aliphatic rings. The zero-order chi connectivity index (χ0) is 25.8. The number of esters is 1. The molecule has 4 aromatic carbocycles. The zero-order valence-corrected chi connectivity index (χ0v) is 20.3. The molecule has 0 unspecified atom stereocenters. The van der Waals surface area contributed by atoms with Crippen LogP contribution in [-0.2, 0) is 33.8 Å². The summed E-state index contributed by atoms with van der Waals surface area (Å²) in [5.41, 5.74) is 3.39. The first kappa shape index (κ1) is 24.1. The van der Waals surface area contributed by atoms with Gasteiger partial charge >= 0.3 is 12.1 Å². The molecular weight excluding hydrogens is 468 g/mol. The van der Waals surface area contributed by atoms with Crippen LogP contribution in [0.5, 0.6) is 0 Å². The molecule has 7 nitrogen and oxygen atoms in total. The van der Waals surface area contributed by atoms with Crippen molar-refractivity contribution in [3.63, 3.8) is 0 Å². The van der Waals surface area contributed by atoms with Crippen LogP contribution in [0.15, 0.2) is 91.0 Å². The van der Waals surface area contributed by atoms with Crippen molar-refractivity contribution in [1.29, 1.82) is 0 Å². The molecular formula is C30H26N2O5. The van der Waals surface area contributed by atoms with E-state index < -0.39 is 18.1 Å². The monoisotopic (exact) mass is 494 g/mol. The number of carbonyl (C=O) groups excluding carboxylic acids is 3. The molecule has 1 aliphatic heterocycles. The zero-order valence-electron chi connectivity index (χ0n) is 20.3. The summed E-state index contributed by atoms with van der Waals surface area (Å²) < 4.78 is 10.4. The van der Waals surface area contributed by atoms with Crippen molar-refractivity contribution in [2.75, 3.05) is 12.4 Å². The van der Waals surface area contributed by atoms with Gasteiger partial charge < -0.3 is 14.4 Å². The van der Waals surface area contributed by atoms with E-state index in [4.69, 9.17) is 9.47 Å². The molecule has 0 aromatic heterocycles. The van der Waals surface area contributed by atoms with Crippen molar-refractivity contribution in [3.8, 4) is 0 Å². The van der Waals surface area contributed by atoms with Gasteiger partial charge in [-0.3, -0.25) is 10.1 Å². The van der Waals surface area contributed by atoms with Gasteiger partial charge in [-0.2, -0.15) is 0 Å². The van der Waals surface area contributed by atoms with Crippen LogP contribution in [0.4, 0.5) is 10.5 Å². The van der Waals surface area contributed by atoms with E-state index in [1.807, 2.05) is 78.9 Å². The lowest BCUT2D eigenvalue weighted by atomic mass is 9.93. The van der Waals surface area contributed by atoms with Gasteiger partial charge in [0.15, 0.2) is 0 Å². The van der Waals surface area contributed by atoms with E-state index in [-0.39, 0.29) is 24.6 Å². The van der Waals surface area contributed by atoms with Gasteiger partial charge in [0, 0.05) is 13.0 Å². The summed E-state index contributed by atoms with van der Waals surface area (Å²) >= 11 is 0. The summed E-state index contributed by atoms with van der Waals surface area (Å²) in [5, 5.41) is 4.43. The molecule has 0 spiro atoms. The van der Waals surface area contributed by atoms with E-state index in [1.165, 1.54) is 12.0 Å². The number of hydrogen-bond acceptors (Lipinski definition) is 5. The third kappa shape index (κ3) is 5.16. The molecule has 37 heavy (non-hydrogen) atoms. The molecule has 0 aliphatic carbocycles. The molecule has 0 saturated carbocycles. The Morgan fingerprint density at radius 3 is 2.24 bits per heavy atom. The van der Waals surface area contributed by atoms with Crippen LogP contribution in [0, 0.1) is 0 Å². The van der Waals surface area contributed by atoms with E-state index in [2.05, 4.69) is 5.32 Å². The van der Waals surface area contributed by atoms with E-state index in [0.29, 0.717) is 12.1 Å². The summed E-state index contributed by atoms with van der Waals surface area (Å²) in [7, 11) is 1.32. The second kappa shape index (κ2) is 10.5. The standard InChI is InChI=1S/C30H26N2O5/c1-36-29(34)27-17-23-13-7-8-14-24(23)18-32(27)28(33)25-15-21-11-5-6-12-22(21)16-26(25)31-30(35)37-19-20-9-3-2-4-10-20/h2-16,27H,17-19H2,1H3,(H,31,35)/t27-/m1/s1. The van der Waals surface area contributed by atoms with Crippen molar-refractivity contribution in [2.24, 2.45) is 0 Å². The summed E-state index contributed by atoms with van der Waals surface area (Å²) in [6, 6.07) is 27.3. The van der Waals surface area contributed by atoms with Crippen LogP contribution < -0.4 is 5.32 Å². The number of anilines is 1. The van der Waals surface area contributed by atoms with Crippen LogP contribution >= 0.6 is 0 Å². The maximum Gasteiger partial charge on any atom is 0.411 e. The Balaban J connectivity index is 1.48. The van der Waals surface area contributed by atoms with Crippen molar-refractivity contribution < 1.29 is 23.9 Å². The Kier molecular flexibility index (Phi) is 6.85. The van der Waals surface area contributed by atoms with Crippen molar-refractivity contribution in [1.82, 2.24) is 4.90 Å². The molecule has 0 radical (unpaired) electrons. The number of carbonyl (C=O) groups is 3. The first-order valence-corrected chi connectivity index (χ1v) is 12.0. The molecule has 1 atom stereocenters. The fraction of sp³-hybridized carbons (Fsp3) is 0.167. The van der Waals surface area contributed by atoms with Gasteiger partial charge in [-0.1, -0.05) is 78.9 Å². The molecule has 0 bridgehead atoms. The lowest BCUT2D eigenvalue weighted by molar-refractivity contribution is -0.146. The van der Waals surface area contributed by atoms with Gasteiger partial charge in [-0.15, -0.1) is 0 Å². The van der Waals surface area contributed by atoms with E-state index in [9.17, 15) is 14.4 Å². The molecule has 2 amide bonds.